The van der Waals surface area contributed by atoms with Gasteiger partial charge >= 0.3 is 5.97 Å². The van der Waals surface area contributed by atoms with Crippen LogP contribution in [0.2, 0.25) is 0 Å². The molecule has 0 amide bonds. The summed E-state index contributed by atoms with van der Waals surface area (Å²) in [4.78, 5) is 14.3. The van der Waals surface area contributed by atoms with E-state index in [1.54, 1.807) is 12.3 Å². The van der Waals surface area contributed by atoms with Crippen molar-refractivity contribution in [2.45, 2.75) is 6.42 Å². The normalized spacial score (nSPS) is 9.60. The number of aromatic amines is 1. The van der Waals surface area contributed by atoms with Gasteiger partial charge in [0.2, 0.25) is 0 Å². The van der Waals surface area contributed by atoms with Crippen molar-refractivity contribution in [3.8, 4) is 11.8 Å². The van der Waals surface area contributed by atoms with Crippen molar-refractivity contribution in [3.63, 3.8) is 0 Å². The summed E-state index contributed by atoms with van der Waals surface area (Å²) in [6, 6.07) is 3.61. The van der Waals surface area contributed by atoms with Crippen molar-refractivity contribution >= 4 is 17.0 Å². The maximum Gasteiger partial charge on any atom is 0.315 e. The van der Waals surface area contributed by atoms with Gasteiger partial charge in [-0.15, -0.1) is 0 Å². The number of carbonyl (C=O) groups is 1. The number of aliphatic carboxylic acids is 1. The highest BCUT2D eigenvalue weighted by molar-refractivity contribution is 5.80. The summed E-state index contributed by atoms with van der Waals surface area (Å²) in [6.45, 7) is 0. The van der Waals surface area contributed by atoms with E-state index in [1.165, 1.54) is 0 Å². The summed E-state index contributed by atoms with van der Waals surface area (Å²) < 4.78 is 0. The molecule has 0 bridgehead atoms. The Hall–Kier alpha value is -2.35. The summed E-state index contributed by atoms with van der Waals surface area (Å²) in [5.74, 6) is 4.30. The second-order valence-electron chi connectivity index (χ2n) is 2.85. The van der Waals surface area contributed by atoms with E-state index in [0.717, 1.165) is 5.39 Å². The van der Waals surface area contributed by atoms with Crippen LogP contribution in [0.15, 0.2) is 18.3 Å². The molecule has 74 valence electrons. The molecule has 2 heterocycles. The number of fused-ring (bicyclic) bond motifs is 1. The van der Waals surface area contributed by atoms with Gasteiger partial charge in [0.15, 0.2) is 5.65 Å². The fraction of sp³-hybridized carbons (Fsp3) is 0.100. The predicted octanol–water partition coefficient (Wildman–Crippen LogP) is 0.784. The van der Waals surface area contributed by atoms with Crippen LogP contribution in [0.5, 0.6) is 0 Å². The van der Waals surface area contributed by atoms with Gasteiger partial charge in [-0.1, -0.05) is 5.92 Å². The molecule has 0 atom stereocenters. The van der Waals surface area contributed by atoms with E-state index in [2.05, 4.69) is 27.0 Å². The zero-order valence-electron chi connectivity index (χ0n) is 7.69. The smallest absolute Gasteiger partial charge is 0.315 e. The number of hydrogen-bond acceptors (Lipinski definition) is 3. The van der Waals surface area contributed by atoms with E-state index in [4.69, 9.17) is 5.11 Å². The molecule has 0 aromatic carbocycles. The van der Waals surface area contributed by atoms with Crippen LogP contribution < -0.4 is 0 Å². The molecule has 2 aromatic heterocycles. The fourth-order valence-corrected chi connectivity index (χ4v) is 1.15. The van der Waals surface area contributed by atoms with Gasteiger partial charge in [0.05, 0.1) is 5.39 Å². The van der Waals surface area contributed by atoms with Crippen molar-refractivity contribution in [1.82, 2.24) is 15.2 Å². The minimum atomic E-state index is -0.940. The average molecular weight is 201 g/mol. The molecule has 0 unspecified atom stereocenters. The van der Waals surface area contributed by atoms with Gasteiger partial charge < -0.3 is 5.11 Å². The Labute approximate surface area is 85.1 Å². The van der Waals surface area contributed by atoms with Crippen LogP contribution in [-0.4, -0.2) is 26.3 Å². The first kappa shape index (κ1) is 9.21. The van der Waals surface area contributed by atoms with E-state index < -0.39 is 5.97 Å². The van der Waals surface area contributed by atoms with Gasteiger partial charge in [-0.25, -0.2) is 4.98 Å². The molecule has 0 radical (unpaired) electrons. The highest BCUT2D eigenvalue weighted by Crippen LogP contribution is 2.10. The van der Waals surface area contributed by atoms with Crippen molar-refractivity contribution in [2.24, 2.45) is 0 Å². The predicted molar refractivity (Wildman–Crippen MR) is 53.0 cm³/mol. The molecule has 5 heteroatoms. The average Bonchev–Trinajstić information content (AvgIpc) is 2.62. The molecule has 15 heavy (non-hydrogen) atoms. The van der Waals surface area contributed by atoms with Gasteiger partial charge in [-0.3, -0.25) is 9.89 Å². The molecule has 2 aromatic rings. The summed E-state index contributed by atoms with van der Waals surface area (Å²) in [5, 5.41) is 15.9. The highest BCUT2D eigenvalue weighted by Gasteiger charge is 2.01. The Morgan fingerprint density at radius 3 is 3.27 bits per heavy atom. The van der Waals surface area contributed by atoms with Gasteiger partial charge in [0.1, 0.15) is 12.1 Å². The molecule has 0 fully saturated rings. The lowest BCUT2D eigenvalue weighted by atomic mass is 10.2. The number of aromatic nitrogens is 3. The van der Waals surface area contributed by atoms with Gasteiger partial charge in [0, 0.05) is 6.20 Å². The number of pyridine rings is 1. The van der Waals surface area contributed by atoms with Crippen LogP contribution in [0, 0.1) is 11.8 Å². The number of nitrogens with one attached hydrogen (secondary N) is 1. The second-order valence-corrected chi connectivity index (χ2v) is 2.85. The van der Waals surface area contributed by atoms with E-state index >= 15 is 0 Å². The van der Waals surface area contributed by atoms with Gasteiger partial charge in [-0.05, 0) is 18.1 Å². The third kappa shape index (κ3) is 1.94. The number of carboxylic acids is 1. The Morgan fingerprint density at radius 1 is 1.60 bits per heavy atom. The largest absolute Gasteiger partial charge is 0.481 e. The lowest BCUT2D eigenvalue weighted by Crippen LogP contribution is -1.90. The maximum atomic E-state index is 10.3. The molecule has 2 N–H and O–H groups in total. The molecular weight excluding hydrogens is 194 g/mol. The number of nitrogens with zero attached hydrogens (tertiary/aromatic N) is 2. The fourth-order valence-electron chi connectivity index (χ4n) is 1.15. The van der Waals surface area contributed by atoms with E-state index in [-0.39, 0.29) is 6.42 Å². The Kier molecular flexibility index (Phi) is 2.33. The van der Waals surface area contributed by atoms with E-state index in [1.807, 2.05) is 6.07 Å². The first-order chi connectivity index (χ1) is 7.27. The van der Waals surface area contributed by atoms with Crippen LogP contribution in [0.3, 0.4) is 0 Å². The second kappa shape index (κ2) is 3.80. The minimum Gasteiger partial charge on any atom is -0.481 e. The number of H-pyrrole nitrogens is 1. The Morgan fingerprint density at radius 2 is 2.47 bits per heavy atom. The van der Waals surface area contributed by atoms with Crippen molar-refractivity contribution in [1.29, 1.82) is 0 Å². The Bertz CT molecular complexity index is 563. The van der Waals surface area contributed by atoms with Crippen molar-refractivity contribution in [3.05, 3.63) is 24.0 Å². The third-order valence-electron chi connectivity index (χ3n) is 1.78. The standard InChI is InChI=1S/C10H7N3O2/c14-9(15)5-1-4-8-7-3-2-6-11-10(7)13-12-8/h2-3,6H,5H2,(H,14,15)(H,11,12,13). The molecule has 0 spiro atoms. The number of hydrogen-bond donors (Lipinski definition) is 2. The summed E-state index contributed by atoms with van der Waals surface area (Å²) in [7, 11) is 0. The summed E-state index contributed by atoms with van der Waals surface area (Å²) in [6.07, 6.45) is 1.46. The SMILES string of the molecule is O=C(O)CC#Cc1[nH]nc2ncccc12. The monoisotopic (exact) mass is 201 g/mol. The number of carboxylic acid groups (broad SMARTS) is 1. The molecule has 5 nitrogen and oxygen atoms in total. The first-order valence-corrected chi connectivity index (χ1v) is 4.27. The molecule has 0 saturated heterocycles. The molecule has 0 saturated carbocycles. The molecule has 0 aliphatic carbocycles. The van der Waals surface area contributed by atoms with Gasteiger partial charge in [0.25, 0.3) is 0 Å². The summed E-state index contributed by atoms with van der Waals surface area (Å²) in [5.41, 5.74) is 1.18. The van der Waals surface area contributed by atoms with Crippen LogP contribution >= 0.6 is 0 Å². The van der Waals surface area contributed by atoms with E-state index in [9.17, 15) is 4.79 Å². The van der Waals surface area contributed by atoms with E-state index in [0.29, 0.717) is 11.3 Å². The molecule has 0 aliphatic rings. The Balaban J connectivity index is 2.35. The lowest BCUT2D eigenvalue weighted by molar-refractivity contribution is -0.135. The van der Waals surface area contributed by atoms with Crippen molar-refractivity contribution < 1.29 is 9.90 Å². The maximum absolute atomic E-state index is 10.3. The van der Waals surface area contributed by atoms with Gasteiger partial charge in [-0.2, -0.15) is 5.10 Å². The molecule has 2 rings (SSSR count). The minimum absolute atomic E-state index is 0.180. The lowest BCUT2D eigenvalue weighted by Gasteiger charge is -1.85. The quantitative estimate of drug-likeness (QED) is 0.668. The third-order valence-corrected chi connectivity index (χ3v) is 1.78. The molecule has 0 aliphatic heterocycles. The van der Waals surface area contributed by atoms with Crippen LogP contribution in [-0.2, 0) is 4.79 Å². The van der Waals surface area contributed by atoms with Crippen LogP contribution in [0.4, 0.5) is 0 Å². The first-order valence-electron chi connectivity index (χ1n) is 4.27. The molecular formula is C10H7N3O2. The summed E-state index contributed by atoms with van der Waals surface area (Å²) >= 11 is 0. The van der Waals surface area contributed by atoms with Crippen LogP contribution in [0.25, 0.3) is 11.0 Å². The topological polar surface area (TPSA) is 78.9 Å². The van der Waals surface area contributed by atoms with Crippen LogP contribution in [0.1, 0.15) is 12.1 Å². The van der Waals surface area contributed by atoms with Crippen molar-refractivity contribution in [2.75, 3.05) is 0 Å². The zero-order chi connectivity index (χ0) is 10.7. The zero-order valence-corrected chi connectivity index (χ0v) is 7.69. The highest BCUT2D eigenvalue weighted by atomic mass is 16.4. The number of rotatable bonds is 1.